The van der Waals surface area contributed by atoms with Crippen LogP contribution >= 0.6 is 0 Å². The maximum absolute atomic E-state index is 12.3. The van der Waals surface area contributed by atoms with E-state index in [2.05, 4.69) is 0 Å². The Morgan fingerprint density at radius 3 is 0.818 bits per heavy atom. The average molecular weight is 563 g/mol. The minimum absolute atomic E-state index is 1.00. The van der Waals surface area contributed by atoms with Gasteiger partial charge in [-0.25, -0.2) is 0 Å². The summed E-state index contributed by atoms with van der Waals surface area (Å²) < 4.78 is 20.7. The Bertz CT molecular complexity index is 752. The second kappa shape index (κ2) is 18.2. The van der Waals surface area contributed by atoms with E-state index in [1.165, 1.54) is 24.3 Å². The number of hydrogen-bond acceptors (Lipinski definition) is 8. The van der Waals surface area contributed by atoms with Crippen molar-refractivity contribution in [1.82, 2.24) is 0 Å². The van der Waals surface area contributed by atoms with Crippen LogP contribution in [0.4, 0.5) is 0 Å². The van der Waals surface area contributed by atoms with E-state index in [1.54, 1.807) is 76.3 Å². The van der Waals surface area contributed by atoms with Crippen LogP contribution < -0.4 is 0 Å². The van der Waals surface area contributed by atoms with E-state index in [0.29, 0.717) is 0 Å². The van der Waals surface area contributed by atoms with Gasteiger partial charge in [0, 0.05) is 0 Å². The zero-order valence-electron chi connectivity index (χ0n) is 19.0. The Kier molecular flexibility index (Phi) is 16.3. The molecule has 0 bridgehead atoms. The van der Waals surface area contributed by atoms with E-state index >= 15 is 0 Å². The van der Waals surface area contributed by atoms with Crippen molar-refractivity contribution >= 4 is 43.9 Å². The van der Waals surface area contributed by atoms with Crippen molar-refractivity contribution in [2.75, 3.05) is 0 Å². The molecule has 0 aliphatic carbocycles. The molecule has 0 saturated carbocycles. The summed E-state index contributed by atoms with van der Waals surface area (Å²) in [6.45, 7) is 6.93. The number of carbonyl (C=O) groups is 4. The van der Waals surface area contributed by atoms with E-state index in [0.717, 1.165) is 24.3 Å². The molecular weight excluding hydrogens is 535 g/mol. The van der Waals surface area contributed by atoms with Gasteiger partial charge in [-0.1, -0.05) is 0 Å². The molecule has 0 spiro atoms. The van der Waals surface area contributed by atoms with Gasteiger partial charge in [0.05, 0.1) is 0 Å². The first-order valence-corrected chi connectivity index (χ1v) is 14.6. The van der Waals surface area contributed by atoms with Gasteiger partial charge < -0.3 is 0 Å². The Balaban J connectivity index is 6.19. The van der Waals surface area contributed by atoms with Crippen LogP contribution in [0.25, 0.3) is 0 Å². The van der Waals surface area contributed by atoms with Gasteiger partial charge in [-0.05, 0) is 0 Å². The molecule has 9 heteroatoms. The molecule has 0 heterocycles. The molecule has 0 aliphatic heterocycles. The van der Waals surface area contributed by atoms with Crippen molar-refractivity contribution in [2.24, 2.45) is 0 Å². The molecule has 0 radical (unpaired) electrons. The molecular formula is C24H28O8Sn. The molecule has 33 heavy (non-hydrogen) atoms. The first-order valence-electron chi connectivity index (χ1n) is 9.91. The molecule has 8 nitrogen and oxygen atoms in total. The van der Waals surface area contributed by atoms with Gasteiger partial charge in [0.25, 0.3) is 0 Å². The number of hydrogen-bond donors (Lipinski definition) is 0. The fourth-order valence-electron chi connectivity index (χ4n) is 1.73. The molecule has 0 atom stereocenters. The summed E-state index contributed by atoms with van der Waals surface area (Å²) in [6.07, 6.45) is 22.2. The second-order valence-electron chi connectivity index (χ2n) is 5.72. The molecule has 0 fully saturated rings. The standard InChI is InChI=1S/4C6H8O2.Sn/c4*1-2-3-4-5-6(7)8;/h4*2-5H,1H3,(H,7,8);/q;;;;+4/p-4/b4*3-2+,5-4+;. The van der Waals surface area contributed by atoms with Crippen LogP contribution in [-0.2, 0) is 31.5 Å². The predicted octanol–water partition coefficient (Wildman–Crippen LogP) is 4.12. The van der Waals surface area contributed by atoms with Gasteiger partial charge in [0.15, 0.2) is 0 Å². The summed E-state index contributed by atoms with van der Waals surface area (Å²) in [5.41, 5.74) is 0. The van der Waals surface area contributed by atoms with Gasteiger partial charge in [0.1, 0.15) is 0 Å². The van der Waals surface area contributed by atoms with Gasteiger partial charge >= 0.3 is 200 Å². The zero-order chi connectivity index (χ0) is 25.0. The Morgan fingerprint density at radius 2 is 0.636 bits per heavy atom. The van der Waals surface area contributed by atoms with Crippen molar-refractivity contribution in [3.05, 3.63) is 97.2 Å². The number of allylic oxidation sites excluding steroid dienone is 12. The second-order valence-corrected chi connectivity index (χ2v) is 10.9. The van der Waals surface area contributed by atoms with Crippen molar-refractivity contribution in [1.29, 1.82) is 0 Å². The number of carbonyl (C=O) groups excluding carboxylic acids is 4. The normalized spacial score (nSPS) is 13.0. The van der Waals surface area contributed by atoms with Gasteiger partial charge in [-0.2, -0.15) is 0 Å². The van der Waals surface area contributed by atoms with Crippen molar-refractivity contribution in [3.8, 4) is 0 Å². The van der Waals surface area contributed by atoms with Gasteiger partial charge in [0.2, 0.25) is 0 Å². The third kappa shape index (κ3) is 15.1. The Hall–Kier alpha value is -3.40. The predicted molar refractivity (Wildman–Crippen MR) is 126 cm³/mol. The average Bonchev–Trinajstić information content (AvgIpc) is 2.74. The van der Waals surface area contributed by atoms with Crippen LogP contribution in [0.15, 0.2) is 97.2 Å². The minimum atomic E-state index is -5.94. The van der Waals surface area contributed by atoms with E-state index in [-0.39, 0.29) is 0 Å². The molecule has 0 rings (SSSR count). The van der Waals surface area contributed by atoms with Crippen molar-refractivity contribution < 1.29 is 31.5 Å². The molecule has 0 unspecified atom stereocenters. The third-order valence-corrected chi connectivity index (χ3v) is 8.20. The molecule has 176 valence electrons. The zero-order valence-corrected chi connectivity index (χ0v) is 21.9. The molecule has 0 N–H and O–H groups in total. The third-order valence-electron chi connectivity index (χ3n) is 3.05. The summed E-state index contributed by atoms with van der Waals surface area (Å²) in [5.74, 6) is -4.09. The molecule has 0 aromatic heterocycles. The first-order chi connectivity index (χ1) is 15.8. The summed E-state index contributed by atoms with van der Waals surface area (Å²) in [6, 6.07) is 0. The molecule has 0 aromatic rings. The van der Waals surface area contributed by atoms with Gasteiger partial charge in [-0.3, -0.25) is 0 Å². The summed E-state index contributed by atoms with van der Waals surface area (Å²) in [5, 5.41) is 0. The van der Waals surface area contributed by atoms with Crippen LogP contribution in [0.5, 0.6) is 0 Å². The van der Waals surface area contributed by atoms with Crippen LogP contribution in [0.1, 0.15) is 27.7 Å². The summed E-state index contributed by atoms with van der Waals surface area (Å²) >= 11 is -5.94. The first kappa shape index (κ1) is 29.6. The van der Waals surface area contributed by atoms with Crippen LogP contribution in [-0.4, -0.2) is 43.9 Å². The Labute approximate surface area is 200 Å². The van der Waals surface area contributed by atoms with Gasteiger partial charge in [-0.15, -0.1) is 0 Å². The monoisotopic (exact) mass is 564 g/mol. The van der Waals surface area contributed by atoms with E-state index in [1.807, 2.05) is 0 Å². The van der Waals surface area contributed by atoms with Crippen LogP contribution in [0, 0.1) is 0 Å². The molecule has 0 amide bonds. The quantitative estimate of drug-likeness (QED) is 0.199. The SMILES string of the molecule is C/C=C/C=C/C(=O)[O][Sn]([O]C(=O)/C=C/C=C/C)([O]C(=O)/C=C/C=C/C)[O]C(=O)/C=C/C=C/C. The molecule has 0 aliphatic rings. The van der Waals surface area contributed by atoms with E-state index in [4.69, 9.17) is 12.3 Å². The van der Waals surface area contributed by atoms with Crippen LogP contribution in [0.3, 0.4) is 0 Å². The summed E-state index contributed by atoms with van der Waals surface area (Å²) in [4.78, 5) is 49.2. The fraction of sp³-hybridized carbons (Fsp3) is 0.167. The van der Waals surface area contributed by atoms with E-state index in [9.17, 15) is 19.2 Å². The Morgan fingerprint density at radius 1 is 0.424 bits per heavy atom. The topological polar surface area (TPSA) is 105 Å². The number of rotatable bonds is 12. The van der Waals surface area contributed by atoms with Crippen molar-refractivity contribution in [2.45, 2.75) is 27.7 Å². The fourth-order valence-corrected chi connectivity index (χ4v) is 6.04. The van der Waals surface area contributed by atoms with E-state index < -0.39 is 43.9 Å². The molecule has 0 aromatic carbocycles. The maximum atomic E-state index is 12.3. The molecule has 0 saturated heterocycles. The van der Waals surface area contributed by atoms with Crippen molar-refractivity contribution in [3.63, 3.8) is 0 Å². The summed E-state index contributed by atoms with van der Waals surface area (Å²) in [7, 11) is 0. The van der Waals surface area contributed by atoms with Crippen LogP contribution in [0.2, 0.25) is 0 Å².